The molecule has 0 spiro atoms. The Kier molecular flexibility index (Phi) is 2.39. The van der Waals surface area contributed by atoms with Crippen LogP contribution in [-0.2, 0) is 4.74 Å². The minimum absolute atomic E-state index is 0.0394. The number of fused-ring (bicyclic) bond motifs is 3. The van der Waals surface area contributed by atoms with Crippen LogP contribution in [0.3, 0.4) is 0 Å². The van der Waals surface area contributed by atoms with Crippen molar-refractivity contribution >= 4 is 0 Å². The summed E-state index contributed by atoms with van der Waals surface area (Å²) >= 11 is 0. The Hall–Kier alpha value is -0.640. The van der Waals surface area contributed by atoms with E-state index in [1.54, 1.807) is 0 Å². The predicted octanol–water partition coefficient (Wildman–Crippen LogP) is 1.80. The summed E-state index contributed by atoms with van der Waals surface area (Å²) in [6.07, 6.45) is 2.66. The molecule has 1 saturated carbocycles. The van der Waals surface area contributed by atoms with Crippen LogP contribution in [0.5, 0.6) is 0 Å². The van der Waals surface area contributed by atoms with Crippen molar-refractivity contribution in [1.29, 1.82) is 0 Å². The van der Waals surface area contributed by atoms with Gasteiger partial charge in [-0.1, -0.05) is 32.1 Å². The second-order valence-corrected chi connectivity index (χ2v) is 6.39. The fourth-order valence-corrected chi connectivity index (χ4v) is 4.03. The monoisotopic (exact) mass is 250 g/mol. The molecule has 0 amide bonds. The maximum atomic E-state index is 10.3. The van der Waals surface area contributed by atoms with Crippen LogP contribution in [0, 0.1) is 11.3 Å². The maximum absolute atomic E-state index is 10.3. The van der Waals surface area contributed by atoms with Gasteiger partial charge in [0.2, 0.25) is 0 Å². The normalized spacial score (nSPS) is 54.2. The van der Waals surface area contributed by atoms with Gasteiger partial charge in [0.1, 0.15) is 17.8 Å². The molecule has 1 aliphatic heterocycles. The molecule has 18 heavy (non-hydrogen) atoms. The standard InChI is InChI=1S/C15H22O3/c1-8(2)15-12(17)7-10-5-6-11(16)9(3)14(10,4)13(15)18-15/h7,9,11-13,16-17H,1,5-6H2,2-4H3/t9-,11+,12-,13+,14+,15-/m0/s1. The van der Waals surface area contributed by atoms with Gasteiger partial charge in [0.25, 0.3) is 0 Å². The van der Waals surface area contributed by atoms with E-state index >= 15 is 0 Å². The van der Waals surface area contributed by atoms with Gasteiger partial charge >= 0.3 is 0 Å². The number of epoxide rings is 1. The average Bonchev–Trinajstić information content (AvgIpc) is 3.06. The molecule has 0 aromatic carbocycles. The zero-order valence-electron chi connectivity index (χ0n) is 11.3. The fourth-order valence-electron chi connectivity index (χ4n) is 4.03. The predicted molar refractivity (Wildman–Crippen MR) is 69.0 cm³/mol. The molecule has 2 aliphatic carbocycles. The number of ether oxygens (including phenoxy) is 1. The first kappa shape index (κ1) is 12.4. The molecule has 3 heteroatoms. The van der Waals surface area contributed by atoms with Crippen molar-refractivity contribution in [3.8, 4) is 0 Å². The summed E-state index contributed by atoms with van der Waals surface area (Å²) in [6, 6.07) is 0. The number of aliphatic hydroxyl groups excluding tert-OH is 2. The van der Waals surface area contributed by atoms with E-state index < -0.39 is 11.7 Å². The molecule has 0 aromatic rings. The number of aliphatic hydroxyl groups is 2. The molecule has 6 atom stereocenters. The van der Waals surface area contributed by atoms with Crippen LogP contribution in [-0.4, -0.2) is 34.1 Å². The zero-order valence-corrected chi connectivity index (χ0v) is 11.3. The summed E-state index contributed by atoms with van der Waals surface area (Å²) in [7, 11) is 0. The molecule has 3 nitrogen and oxygen atoms in total. The largest absolute Gasteiger partial charge is 0.393 e. The molecule has 3 aliphatic rings. The third kappa shape index (κ3) is 1.20. The van der Waals surface area contributed by atoms with Gasteiger partial charge in [-0.05, 0) is 31.3 Å². The molecule has 0 bridgehead atoms. The number of hydrogen-bond acceptors (Lipinski definition) is 3. The summed E-state index contributed by atoms with van der Waals surface area (Å²) < 4.78 is 5.92. The molecule has 3 rings (SSSR count). The van der Waals surface area contributed by atoms with Gasteiger partial charge in [-0.25, -0.2) is 0 Å². The molecule has 0 radical (unpaired) electrons. The lowest BCUT2D eigenvalue weighted by molar-refractivity contribution is 0.00744. The van der Waals surface area contributed by atoms with Gasteiger partial charge in [0.15, 0.2) is 0 Å². The molecular weight excluding hydrogens is 228 g/mol. The minimum atomic E-state index is -0.608. The minimum Gasteiger partial charge on any atom is -0.393 e. The Morgan fingerprint density at radius 1 is 1.50 bits per heavy atom. The Morgan fingerprint density at radius 2 is 2.17 bits per heavy atom. The summed E-state index contributed by atoms with van der Waals surface area (Å²) in [5.41, 5.74) is 1.34. The van der Waals surface area contributed by atoms with Gasteiger partial charge in [-0.2, -0.15) is 0 Å². The lowest BCUT2D eigenvalue weighted by atomic mass is 9.56. The third-order valence-corrected chi connectivity index (χ3v) is 5.58. The van der Waals surface area contributed by atoms with Crippen LogP contribution in [0.2, 0.25) is 0 Å². The zero-order chi connectivity index (χ0) is 13.3. The van der Waals surface area contributed by atoms with E-state index in [2.05, 4.69) is 20.4 Å². The number of hydrogen-bond donors (Lipinski definition) is 2. The van der Waals surface area contributed by atoms with Crippen molar-refractivity contribution in [3.05, 3.63) is 23.8 Å². The van der Waals surface area contributed by atoms with E-state index in [1.807, 2.05) is 13.0 Å². The molecule has 2 fully saturated rings. The summed E-state index contributed by atoms with van der Waals surface area (Å²) in [5, 5.41) is 20.5. The molecule has 0 aromatic heterocycles. The van der Waals surface area contributed by atoms with Crippen molar-refractivity contribution < 1.29 is 14.9 Å². The van der Waals surface area contributed by atoms with Crippen LogP contribution in [0.4, 0.5) is 0 Å². The lowest BCUT2D eigenvalue weighted by Crippen LogP contribution is -2.51. The van der Waals surface area contributed by atoms with Crippen LogP contribution < -0.4 is 0 Å². The first-order valence-corrected chi connectivity index (χ1v) is 6.76. The van der Waals surface area contributed by atoms with E-state index in [-0.39, 0.29) is 23.5 Å². The second kappa shape index (κ2) is 3.47. The molecule has 2 N–H and O–H groups in total. The van der Waals surface area contributed by atoms with Gasteiger partial charge in [0.05, 0.1) is 6.10 Å². The second-order valence-electron chi connectivity index (χ2n) is 6.39. The number of rotatable bonds is 1. The van der Waals surface area contributed by atoms with Crippen molar-refractivity contribution in [2.24, 2.45) is 11.3 Å². The van der Waals surface area contributed by atoms with Crippen LogP contribution in [0.1, 0.15) is 33.6 Å². The summed E-state index contributed by atoms with van der Waals surface area (Å²) in [4.78, 5) is 0. The van der Waals surface area contributed by atoms with Crippen molar-refractivity contribution in [2.75, 3.05) is 0 Å². The Balaban J connectivity index is 2.07. The van der Waals surface area contributed by atoms with Gasteiger partial charge in [0, 0.05) is 5.41 Å². The van der Waals surface area contributed by atoms with Crippen LogP contribution in [0.25, 0.3) is 0 Å². The topological polar surface area (TPSA) is 53.0 Å². The van der Waals surface area contributed by atoms with Crippen molar-refractivity contribution in [1.82, 2.24) is 0 Å². The van der Waals surface area contributed by atoms with E-state index in [4.69, 9.17) is 4.74 Å². The quantitative estimate of drug-likeness (QED) is 0.551. The third-order valence-electron chi connectivity index (χ3n) is 5.58. The molecule has 0 unspecified atom stereocenters. The molecule has 100 valence electrons. The SMILES string of the molecule is C=C(C)[C@@]12O[C@@H]1[C@@]1(C)C(=C[C@@H]2O)CC[C@@H](O)[C@@H]1C. The van der Waals surface area contributed by atoms with E-state index in [0.29, 0.717) is 0 Å². The summed E-state index contributed by atoms with van der Waals surface area (Å²) in [5.74, 6) is 0.149. The van der Waals surface area contributed by atoms with Crippen molar-refractivity contribution in [3.63, 3.8) is 0 Å². The Labute approximate surface area is 108 Å². The van der Waals surface area contributed by atoms with Gasteiger partial charge < -0.3 is 14.9 Å². The Bertz CT molecular complexity index is 441. The average molecular weight is 250 g/mol. The highest BCUT2D eigenvalue weighted by atomic mass is 16.6. The highest BCUT2D eigenvalue weighted by Crippen LogP contribution is 2.64. The molecule has 1 heterocycles. The molecule has 1 saturated heterocycles. The smallest absolute Gasteiger partial charge is 0.145 e. The highest BCUT2D eigenvalue weighted by molar-refractivity contribution is 5.43. The highest BCUT2D eigenvalue weighted by Gasteiger charge is 2.72. The van der Waals surface area contributed by atoms with E-state index in [0.717, 1.165) is 18.4 Å². The van der Waals surface area contributed by atoms with Crippen molar-refractivity contribution in [2.45, 2.75) is 57.5 Å². The summed E-state index contributed by atoms with van der Waals surface area (Å²) in [6.45, 7) is 10.1. The molecular formula is C15H22O3. The first-order chi connectivity index (χ1) is 8.35. The Morgan fingerprint density at radius 3 is 2.78 bits per heavy atom. The van der Waals surface area contributed by atoms with E-state index in [1.165, 1.54) is 5.57 Å². The van der Waals surface area contributed by atoms with Gasteiger partial charge in [-0.3, -0.25) is 0 Å². The van der Waals surface area contributed by atoms with Gasteiger partial charge in [-0.15, -0.1) is 0 Å². The van der Waals surface area contributed by atoms with Crippen LogP contribution >= 0.6 is 0 Å². The maximum Gasteiger partial charge on any atom is 0.145 e. The first-order valence-electron chi connectivity index (χ1n) is 6.76. The van der Waals surface area contributed by atoms with E-state index in [9.17, 15) is 10.2 Å². The van der Waals surface area contributed by atoms with Crippen LogP contribution in [0.15, 0.2) is 23.8 Å². The lowest BCUT2D eigenvalue weighted by Gasteiger charge is -2.47. The fraction of sp³-hybridized carbons (Fsp3) is 0.733.